The van der Waals surface area contributed by atoms with E-state index in [0.717, 1.165) is 31.4 Å². The molecule has 1 aliphatic rings. The molecule has 2 aromatic rings. The topological polar surface area (TPSA) is 53.3 Å². The highest BCUT2D eigenvalue weighted by Gasteiger charge is 2.23. The van der Waals surface area contributed by atoms with Gasteiger partial charge in [0.2, 0.25) is 0 Å². The summed E-state index contributed by atoms with van der Waals surface area (Å²) in [5.74, 6) is -0.262. The summed E-state index contributed by atoms with van der Waals surface area (Å²) in [5.41, 5.74) is 2.81. The minimum atomic E-state index is -0.262. The molecule has 3 rings (SSSR count). The van der Waals surface area contributed by atoms with Gasteiger partial charge in [-0.1, -0.05) is 56.0 Å². The maximum Gasteiger partial charge on any atom is 0.341 e. The number of ether oxygens (including phenoxy) is 2. The molecule has 0 unspecified atom stereocenters. The summed E-state index contributed by atoms with van der Waals surface area (Å²) < 4.78 is 13.2. The Hall–Kier alpha value is -2.14. The number of benzene rings is 1. The number of carbonyl (C=O) groups is 1. The van der Waals surface area contributed by atoms with Crippen LogP contribution in [0.1, 0.15) is 79.5 Å². The van der Waals surface area contributed by atoms with Crippen molar-refractivity contribution in [1.29, 1.82) is 0 Å². The summed E-state index contributed by atoms with van der Waals surface area (Å²) in [6, 6.07) is 10.6. The molecule has 0 spiro atoms. The molecule has 0 bridgehead atoms. The van der Waals surface area contributed by atoms with Gasteiger partial charge in [0.15, 0.2) is 0 Å². The average molecular weight is 385 g/mol. The molecule has 1 heterocycles. The lowest BCUT2D eigenvalue weighted by Crippen LogP contribution is -2.16. The molecule has 1 aliphatic carbocycles. The van der Waals surface area contributed by atoms with Crippen LogP contribution in [0.2, 0.25) is 0 Å². The first-order valence-electron chi connectivity index (χ1n) is 10.6. The molecule has 0 amide bonds. The Labute approximate surface area is 168 Å². The molecule has 1 aromatic heterocycles. The molecule has 0 radical (unpaired) electrons. The van der Waals surface area contributed by atoms with Gasteiger partial charge in [-0.15, -0.1) is 0 Å². The first-order chi connectivity index (χ1) is 13.8. The van der Waals surface area contributed by atoms with E-state index in [2.05, 4.69) is 21.9 Å². The normalized spacial score (nSPS) is 15.3. The van der Waals surface area contributed by atoms with Gasteiger partial charge in [-0.25, -0.2) is 4.79 Å². The van der Waals surface area contributed by atoms with Crippen LogP contribution >= 0.6 is 0 Å². The van der Waals surface area contributed by atoms with Crippen molar-refractivity contribution in [3.8, 4) is 0 Å². The molecule has 28 heavy (non-hydrogen) atoms. The lowest BCUT2D eigenvalue weighted by molar-refractivity contribution is 0.0524. The monoisotopic (exact) mass is 384 g/mol. The number of aromatic nitrogens is 2. The van der Waals surface area contributed by atoms with Gasteiger partial charge in [0.25, 0.3) is 0 Å². The van der Waals surface area contributed by atoms with Crippen LogP contribution in [-0.2, 0) is 22.5 Å². The Kier molecular flexibility index (Phi) is 8.09. The molecule has 152 valence electrons. The molecule has 0 aliphatic heterocycles. The maximum absolute atomic E-state index is 12.4. The number of hydrogen-bond acceptors (Lipinski definition) is 4. The van der Waals surface area contributed by atoms with Crippen molar-refractivity contribution < 1.29 is 14.3 Å². The zero-order valence-electron chi connectivity index (χ0n) is 16.9. The largest absolute Gasteiger partial charge is 0.462 e. The van der Waals surface area contributed by atoms with E-state index in [1.807, 2.05) is 25.1 Å². The van der Waals surface area contributed by atoms with Crippen molar-refractivity contribution in [3.05, 3.63) is 53.3 Å². The molecule has 1 saturated carbocycles. The highest BCUT2D eigenvalue weighted by atomic mass is 16.5. The van der Waals surface area contributed by atoms with Gasteiger partial charge in [-0.2, -0.15) is 5.10 Å². The van der Waals surface area contributed by atoms with E-state index in [1.54, 1.807) is 6.20 Å². The van der Waals surface area contributed by atoms with Crippen molar-refractivity contribution in [2.75, 3.05) is 13.2 Å². The second-order valence-corrected chi connectivity index (χ2v) is 7.46. The average Bonchev–Trinajstić information content (AvgIpc) is 2.94. The fourth-order valence-corrected chi connectivity index (χ4v) is 3.94. The van der Waals surface area contributed by atoms with Gasteiger partial charge in [0, 0.05) is 6.61 Å². The molecule has 5 nitrogen and oxygen atoms in total. The van der Waals surface area contributed by atoms with E-state index in [0.29, 0.717) is 31.4 Å². The molecule has 0 saturated heterocycles. The van der Waals surface area contributed by atoms with Crippen molar-refractivity contribution in [3.63, 3.8) is 0 Å². The van der Waals surface area contributed by atoms with Crippen molar-refractivity contribution >= 4 is 5.97 Å². The predicted molar refractivity (Wildman–Crippen MR) is 109 cm³/mol. The first-order valence-corrected chi connectivity index (χ1v) is 10.6. The molecule has 5 heteroatoms. The van der Waals surface area contributed by atoms with Crippen LogP contribution in [0, 0.1) is 0 Å². The van der Waals surface area contributed by atoms with Crippen molar-refractivity contribution in [2.24, 2.45) is 0 Å². The third-order valence-corrected chi connectivity index (χ3v) is 5.38. The van der Waals surface area contributed by atoms with Gasteiger partial charge in [-0.05, 0) is 38.2 Å². The molecule has 0 atom stereocenters. The molecule has 1 aromatic carbocycles. The highest BCUT2D eigenvalue weighted by Crippen LogP contribution is 2.29. The highest BCUT2D eigenvalue weighted by molar-refractivity contribution is 5.90. The van der Waals surface area contributed by atoms with Crippen LogP contribution in [0.15, 0.2) is 36.5 Å². The van der Waals surface area contributed by atoms with E-state index in [4.69, 9.17) is 9.47 Å². The smallest absolute Gasteiger partial charge is 0.341 e. The van der Waals surface area contributed by atoms with Crippen LogP contribution < -0.4 is 0 Å². The minimum absolute atomic E-state index is 0.262. The van der Waals surface area contributed by atoms with Crippen LogP contribution in [0.5, 0.6) is 0 Å². The van der Waals surface area contributed by atoms with Crippen LogP contribution in [0.4, 0.5) is 0 Å². The molecule has 1 fully saturated rings. The van der Waals surface area contributed by atoms with E-state index >= 15 is 0 Å². The maximum atomic E-state index is 12.4. The first kappa shape index (κ1) is 20.6. The Balaban J connectivity index is 1.62. The molecule has 0 N–H and O–H groups in total. The number of esters is 1. The standard InChI is InChI=1S/C23H32N2O3/c1-2-28-23(26)21-17-24-25(20-13-8-3-4-9-14-20)22(21)15-10-16-27-18-19-11-6-5-7-12-19/h5-7,11-12,17,20H,2-4,8-10,13-16,18H2,1H3. The second-order valence-electron chi connectivity index (χ2n) is 7.46. The Morgan fingerprint density at radius 1 is 1.14 bits per heavy atom. The number of rotatable bonds is 9. The summed E-state index contributed by atoms with van der Waals surface area (Å²) in [5, 5.41) is 4.61. The fourth-order valence-electron chi connectivity index (χ4n) is 3.94. The summed E-state index contributed by atoms with van der Waals surface area (Å²) in [4.78, 5) is 12.4. The van der Waals surface area contributed by atoms with Crippen LogP contribution in [-0.4, -0.2) is 29.0 Å². The second kappa shape index (κ2) is 11.0. The Bertz CT molecular complexity index is 719. The predicted octanol–water partition coefficient (Wildman–Crippen LogP) is 5.10. The van der Waals surface area contributed by atoms with Gasteiger partial charge in [0.05, 0.1) is 31.1 Å². The number of nitrogens with zero attached hydrogens (tertiary/aromatic N) is 2. The summed E-state index contributed by atoms with van der Waals surface area (Å²) in [6.07, 6.45) is 10.7. The van der Waals surface area contributed by atoms with Gasteiger partial charge in [-0.3, -0.25) is 4.68 Å². The minimum Gasteiger partial charge on any atom is -0.462 e. The zero-order chi connectivity index (χ0) is 19.6. The van der Waals surface area contributed by atoms with Crippen LogP contribution in [0.3, 0.4) is 0 Å². The quantitative estimate of drug-likeness (QED) is 0.343. The van der Waals surface area contributed by atoms with E-state index in [-0.39, 0.29) is 5.97 Å². The Morgan fingerprint density at radius 3 is 2.61 bits per heavy atom. The van der Waals surface area contributed by atoms with Crippen molar-refractivity contribution in [2.45, 2.75) is 70.9 Å². The SMILES string of the molecule is CCOC(=O)c1cnn(C2CCCCCC2)c1CCCOCc1ccccc1. The number of hydrogen-bond donors (Lipinski definition) is 0. The lowest BCUT2D eigenvalue weighted by atomic mass is 10.1. The summed E-state index contributed by atoms with van der Waals surface area (Å²) in [7, 11) is 0. The summed E-state index contributed by atoms with van der Waals surface area (Å²) in [6.45, 7) is 3.50. The van der Waals surface area contributed by atoms with E-state index in [9.17, 15) is 4.79 Å². The molecular formula is C23H32N2O3. The van der Waals surface area contributed by atoms with Gasteiger partial charge >= 0.3 is 5.97 Å². The Morgan fingerprint density at radius 2 is 1.89 bits per heavy atom. The van der Waals surface area contributed by atoms with E-state index < -0.39 is 0 Å². The fraction of sp³-hybridized carbons (Fsp3) is 0.565. The number of carbonyl (C=O) groups excluding carboxylic acids is 1. The van der Waals surface area contributed by atoms with Gasteiger partial charge in [0.1, 0.15) is 5.56 Å². The summed E-state index contributed by atoms with van der Waals surface area (Å²) >= 11 is 0. The molecular weight excluding hydrogens is 352 g/mol. The van der Waals surface area contributed by atoms with E-state index in [1.165, 1.54) is 31.2 Å². The van der Waals surface area contributed by atoms with Crippen LogP contribution in [0.25, 0.3) is 0 Å². The zero-order valence-corrected chi connectivity index (χ0v) is 16.9. The van der Waals surface area contributed by atoms with Gasteiger partial charge < -0.3 is 9.47 Å². The third-order valence-electron chi connectivity index (χ3n) is 5.38. The van der Waals surface area contributed by atoms with Crippen molar-refractivity contribution in [1.82, 2.24) is 9.78 Å². The third kappa shape index (κ3) is 5.68. The lowest BCUT2D eigenvalue weighted by Gasteiger charge is -2.19.